The summed E-state index contributed by atoms with van der Waals surface area (Å²) in [4.78, 5) is 2.29. The van der Waals surface area contributed by atoms with Gasteiger partial charge in [0.1, 0.15) is 5.84 Å². The molecule has 0 amide bonds. The second kappa shape index (κ2) is 6.67. The minimum absolute atomic E-state index is 0.227. The number of oxime groups is 1. The fourth-order valence-electron chi connectivity index (χ4n) is 1.27. The molecule has 0 aromatic heterocycles. The Morgan fingerprint density at radius 3 is 2.47 bits per heavy atom. The van der Waals surface area contributed by atoms with Gasteiger partial charge in [-0.2, -0.15) is 0 Å². The normalized spacial score (nSPS) is 13.5. The van der Waals surface area contributed by atoms with E-state index in [9.17, 15) is 0 Å². The Kier molecular flexibility index (Phi) is 6.32. The van der Waals surface area contributed by atoms with Crippen LogP contribution in [0, 0.1) is 5.41 Å². The van der Waals surface area contributed by atoms with Crippen LogP contribution in [0.25, 0.3) is 0 Å². The number of nitrogens with two attached hydrogens (primary N) is 1. The van der Waals surface area contributed by atoms with Gasteiger partial charge >= 0.3 is 0 Å². The topological polar surface area (TPSA) is 61.8 Å². The standard InChI is InChI=1S/C11H25N3O/c1-5-6-8-14(4)9-7-11(2,3)10(12)13-15/h15H,5-9H2,1-4H3,(H2,12,13). The third kappa shape index (κ3) is 5.62. The lowest BCUT2D eigenvalue weighted by Gasteiger charge is -2.26. The summed E-state index contributed by atoms with van der Waals surface area (Å²) < 4.78 is 0. The first-order valence-corrected chi connectivity index (χ1v) is 5.60. The average Bonchev–Trinajstić information content (AvgIpc) is 2.22. The van der Waals surface area contributed by atoms with Crippen LogP contribution >= 0.6 is 0 Å². The molecule has 0 fully saturated rings. The maximum Gasteiger partial charge on any atom is 0.144 e. The summed E-state index contributed by atoms with van der Waals surface area (Å²) in [6.45, 7) is 8.27. The van der Waals surface area contributed by atoms with E-state index >= 15 is 0 Å². The van der Waals surface area contributed by atoms with E-state index in [4.69, 9.17) is 10.9 Å². The summed E-state index contributed by atoms with van der Waals surface area (Å²) in [5, 5.41) is 11.7. The Labute approximate surface area is 93.1 Å². The Morgan fingerprint density at radius 2 is 2.00 bits per heavy atom. The van der Waals surface area contributed by atoms with Gasteiger partial charge in [0.2, 0.25) is 0 Å². The van der Waals surface area contributed by atoms with Crippen molar-refractivity contribution in [2.75, 3.05) is 20.1 Å². The zero-order valence-electron chi connectivity index (χ0n) is 10.5. The lowest BCUT2D eigenvalue weighted by atomic mass is 9.88. The second-order valence-corrected chi connectivity index (χ2v) is 4.78. The van der Waals surface area contributed by atoms with Crippen molar-refractivity contribution in [3.63, 3.8) is 0 Å². The molecule has 0 saturated heterocycles. The third-order valence-corrected chi connectivity index (χ3v) is 2.81. The Morgan fingerprint density at radius 1 is 1.40 bits per heavy atom. The molecule has 0 bridgehead atoms. The van der Waals surface area contributed by atoms with Gasteiger partial charge in [0.25, 0.3) is 0 Å². The highest BCUT2D eigenvalue weighted by molar-refractivity contribution is 5.85. The highest BCUT2D eigenvalue weighted by Crippen LogP contribution is 2.20. The number of amidine groups is 1. The fourth-order valence-corrected chi connectivity index (χ4v) is 1.27. The van der Waals surface area contributed by atoms with Crippen LogP contribution < -0.4 is 5.73 Å². The van der Waals surface area contributed by atoms with E-state index in [1.54, 1.807) is 0 Å². The molecule has 0 heterocycles. The molecule has 0 unspecified atom stereocenters. The molecule has 15 heavy (non-hydrogen) atoms. The largest absolute Gasteiger partial charge is 0.409 e. The van der Waals surface area contributed by atoms with Crippen LogP contribution in [0.2, 0.25) is 0 Å². The Hall–Kier alpha value is -0.770. The van der Waals surface area contributed by atoms with E-state index in [2.05, 4.69) is 24.0 Å². The molecule has 0 saturated carbocycles. The maximum absolute atomic E-state index is 8.63. The summed E-state index contributed by atoms with van der Waals surface area (Å²) in [6.07, 6.45) is 3.34. The molecule has 0 spiro atoms. The molecule has 0 radical (unpaired) electrons. The van der Waals surface area contributed by atoms with Gasteiger partial charge in [0, 0.05) is 5.41 Å². The molecule has 0 aromatic carbocycles. The lowest BCUT2D eigenvalue weighted by molar-refractivity contribution is 0.274. The molecule has 3 N–H and O–H groups in total. The zero-order valence-corrected chi connectivity index (χ0v) is 10.5. The van der Waals surface area contributed by atoms with Crippen molar-refractivity contribution in [3.05, 3.63) is 0 Å². The van der Waals surface area contributed by atoms with E-state index in [1.807, 2.05) is 13.8 Å². The molecule has 4 heteroatoms. The second-order valence-electron chi connectivity index (χ2n) is 4.78. The lowest BCUT2D eigenvalue weighted by Crippen LogP contribution is -2.35. The van der Waals surface area contributed by atoms with E-state index in [1.165, 1.54) is 12.8 Å². The molecule has 4 nitrogen and oxygen atoms in total. The zero-order chi connectivity index (χ0) is 11.9. The summed E-state index contributed by atoms with van der Waals surface area (Å²) in [7, 11) is 2.11. The molecule has 0 rings (SSSR count). The van der Waals surface area contributed by atoms with Crippen molar-refractivity contribution in [1.29, 1.82) is 0 Å². The van der Waals surface area contributed by atoms with E-state index < -0.39 is 0 Å². The Bertz CT molecular complexity index is 202. The quantitative estimate of drug-likeness (QED) is 0.295. The number of hydrogen-bond acceptors (Lipinski definition) is 3. The number of unbranched alkanes of at least 4 members (excludes halogenated alkanes) is 1. The molecule has 0 atom stereocenters. The summed E-state index contributed by atoms with van der Waals surface area (Å²) >= 11 is 0. The van der Waals surface area contributed by atoms with Gasteiger partial charge in [-0.1, -0.05) is 32.3 Å². The summed E-state index contributed by atoms with van der Waals surface area (Å²) in [5.74, 6) is 0.311. The van der Waals surface area contributed by atoms with Crippen molar-refractivity contribution >= 4 is 5.84 Å². The van der Waals surface area contributed by atoms with Crippen LogP contribution in [-0.2, 0) is 0 Å². The van der Waals surface area contributed by atoms with Gasteiger partial charge in [0.15, 0.2) is 0 Å². The van der Waals surface area contributed by atoms with Crippen molar-refractivity contribution in [2.45, 2.75) is 40.0 Å². The maximum atomic E-state index is 8.63. The third-order valence-electron chi connectivity index (χ3n) is 2.81. The van der Waals surface area contributed by atoms with Crippen LogP contribution in [-0.4, -0.2) is 36.1 Å². The average molecular weight is 215 g/mol. The van der Waals surface area contributed by atoms with Gasteiger partial charge < -0.3 is 15.8 Å². The first-order valence-electron chi connectivity index (χ1n) is 5.60. The Balaban J connectivity index is 3.93. The highest BCUT2D eigenvalue weighted by Gasteiger charge is 2.23. The molecule has 0 aliphatic rings. The molecule has 0 aliphatic heterocycles. The van der Waals surface area contributed by atoms with Crippen molar-refractivity contribution in [1.82, 2.24) is 4.90 Å². The van der Waals surface area contributed by atoms with Gasteiger partial charge in [0.05, 0.1) is 0 Å². The monoisotopic (exact) mass is 215 g/mol. The van der Waals surface area contributed by atoms with Crippen molar-refractivity contribution < 1.29 is 5.21 Å². The molecule has 0 aliphatic carbocycles. The predicted octanol–water partition coefficient (Wildman–Crippen LogP) is 1.88. The van der Waals surface area contributed by atoms with Gasteiger partial charge in [-0.3, -0.25) is 0 Å². The minimum Gasteiger partial charge on any atom is -0.409 e. The summed E-state index contributed by atoms with van der Waals surface area (Å²) in [5.41, 5.74) is 5.39. The van der Waals surface area contributed by atoms with Crippen LogP contribution in [0.15, 0.2) is 5.16 Å². The number of rotatable bonds is 7. The fraction of sp³-hybridized carbons (Fsp3) is 0.909. The van der Waals surface area contributed by atoms with Crippen molar-refractivity contribution in [2.24, 2.45) is 16.3 Å². The molecule has 90 valence electrons. The van der Waals surface area contributed by atoms with E-state index in [0.29, 0.717) is 5.84 Å². The summed E-state index contributed by atoms with van der Waals surface area (Å²) in [6, 6.07) is 0. The van der Waals surface area contributed by atoms with Crippen LogP contribution in [0.1, 0.15) is 40.0 Å². The molecule has 0 aromatic rings. The number of nitrogens with zero attached hydrogens (tertiary/aromatic N) is 2. The first kappa shape index (κ1) is 14.2. The minimum atomic E-state index is -0.227. The van der Waals surface area contributed by atoms with Crippen molar-refractivity contribution in [3.8, 4) is 0 Å². The van der Waals surface area contributed by atoms with Crippen LogP contribution in [0.5, 0.6) is 0 Å². The highest BCUT2D eigenvalue weighted by atomic mass is 16.4. The smallest absolute Gasteiger partial charge is 0.144 e. The van der Waals surface area contributed by atoms with Gasteiger partial charge in [-0.15, -0.1) is 0 Å². The van der Waals surface area contributed by atoms with Gasteiger partial charge in [-0.25, -0.2) is 0 Å². The SMILES string of the molecule is CCCCN(C)CCC(C)(C)C(N)=NO. The molecular weight excluding hydrogens is 190 g/mol. The van der Waals surface area contributed by atoms with E-state index in [0.717, 1.165) is 19.5 Å². The van der Waals surface area contributed by atoms with Crippen LogP contribution in [0.4, 0.5) is 0 Å². The van der Waals surface area contributed by atoms with Crippen LogP contribution in [0.3, 0.4) is 0 Å². The number of hydrogen-bond donors (Lipinski definition) is 2. The predicted molar refractivity (Wildman–Crippen MR) is 64.2 cm³/mol. The first-order chi connectivity index (χ1) is 6.94. The van der Waals surface area contributed by atoms with Gasteiger partial charge in [-0.05, 0) is 33.0 Å². The van der Waals surface area contributed by atoms with E-state index in [-0.39, 0.29) is 5.41 Å². The molecular formula is C11H25N3O.